The third kappa shape index (κ3) is 3.55. The van der Waals surface area contributed by atoms with E-state index in [1.54, 1.807) is 12.0 Å². The molecule has 1 aromatic carbocycles. The topological polar surface area (TPSA) is 70.7 Å². The zero-order valence-electron chi connectivity index (χ0n) is 13.8. The van der Waals surface area contributed by atoms with Gasteiger partial charge in [0.1, 0.15) is 11.6 Å². The van der Waals surface area contributed by atoms with E-state index in [2.05, 4.69) is 10.6 Å². The van der Waals surface area contributed by atoms with Gasteiger partial charge in [-0.25, -0.2) is 0 Å². The highest BCUT2D eigenvalue weighted by Crippen LogP contribution is 2.25. The van der Waals surface area contributed by atoms with E-state index in [-0.39, 0.29) is 24.2 Å². The van der Waals surface area contributed by atoms with Crippen LogP contribution in [0.25, 0.3) is 0 Å². The number of piperidine rings is 1. The summed E-state index contributed by atoms with van der Waals surface area (Å²) in [6, 6.07) is 9.08. The van der Waals surface area contributed by atoms with Crippen LogP contribution >= 0.6 is 12.4 Å². The van der Waals surface area contributed by atoms with Gasteiger partial charge in [0.15, 0.2) is 0 Å². The third-order valence-corrected chi connectivity index (χ3v) is 4.79. The molecule has 0 aliphatic carbocycles. The minimum Gasteiger partial charge on any atom is -0.368 e. The molecule has 2 saturated heterocycles. The molecule has 0 bridgehead atoms. The number of anilines is 1. The molecule has 2 aliphatic heterocycles. The van der Waals surface area contributed by atoms with Crippen LogP contribution in [0.5, 0.6) is 0 Å². The molecule has 132 valence electrons. The van der Waals surface area contributed by atoms with E-state index in [0.29, 0.717) is 25.8 Å². The molecule has 7 heteroatoms. The van der Waals surface area contributed by atoms with Crippen LogP contribution in [-0.2, 0) is 14.3 Å². The Hall–Kier alpha value is -1.63. The molecule has 2 fully saturated rings. The number of carbonyl (C=O) groups is 2. The van der Waals surface area contributed by atoms with Gasteiger partial charge in [-0.15, -0.1) is 12.4 Å². The summed E-state index contributed by atoms with van der Waals surface area (Å²) in [5.74, 6) is -0.223. The maximum atomic E-state index is 12.7. The maximum Gasteiger partial charge on any atom is 0.252 e. The van der Waals surface area contributed by atoms with Crippen LogP contribution in [0.1, 0.15) is 19.3 Å². The summed E-state index contributed by atoms with van der Waals surface area (Å²) >= 11 is 0. The van der Waals surface area contributed by atoms with Crippen molar-refractivity contribution in [1.29, 1.82) is 0 Å². The second-order valence-corrected chi connectivity index (χ2v) is 6.09. The van der Waals surface area contributed by atoms with Gasteiger partial charge in [-0.3, -0.25) is 9.59 Å². The van der Waals surface area contributed by atoms with E-state index in [1.807, 2.05) is 30.3 Å². The number of methoxy groups -OCH3 is 1. The minimum atomic E-state index is -0.814. The van der Waals surface area contributed by atoms with Crippen molar-refractivity contribution in [1.82, 2.24) is 10.6 Å². The summed E-state index contributed by atoms with van der Waals surface area (Å²) in [6.07, 6.45) is 1.87. The molecular weight excluding hydrogens is 330 g/mol. The number of ether oxygens (including phenoxy) is 1. The first-order valence-electron chi connectivity index (χ1n) is 8.09. The highest BCUT2D eigenvalue weighted by molar-refractivity contribution is 6.02. The average Bonchev–Trinajstić information content (AvgIpc) is 2.97. The van der Waals surface area contributed by atoms with Crippen molar-refractivity contribution >= 4 is 29.9 Å². The quantitative estimate of drug-likeness (QED) is 0.850. The highest BCUT2D eigenvalue weighted by atomic mass is 35.5. The molecule has 1 aromatic rings. The van der Waals surface area contributed by atoms with Crippen molar-refractivity contribution in [3.05, 3.63) is 30.3 Å². The summed E-state index contributed by atoms with van der Waals surface area (Å²) in [7, 11) is 1.57. The molecule has 1 unspecified atom stereocenters. The van der Waals surface area contributed by atoms with Crippen LogP contribution in [0.4, 0.5) is 5.69 Å². The number of carbonyl (C=O) groups excluding carboxylic acids is 2. The van der Waals surface area contributed by atoms with Crippen molar-refractivity contribution in [2.75, 3.05) is 31.6 Å². The van der Waals surface area contributed by atoms with Crippen LogP contribution in [0.3, 0.4) is 0 Å². The number of amides is 2. The fourth-order valence-corrected chi connectivity index (χ4v) is 3.32. The van der Waals surface area contributed by atoms with E-state index in [1.165, 1.54) is 0 Å². The second kappa shape index (κ2) is 7.96. The first-order valence-corrected chi connectivity index (χ1v) is 8.09. The number of hydrogen-bond donors (Lipinski definition) is 2. The van der Waals surface area contributed by atoms with Gasteiger partial charge in [0.05, 0.1) is 0 Å². The SMILES string of the molecule is COC1(C(=O)NC2CCN(c3ccccc3)C2=O)CCNCC1.Cl. The largest absolute Gasteiger partial charge is 0.368 e. The van der Waals surface area contributed by atoms with Crippen LogP contribution in [0.15, 0.2) is 30.3 Å². The zero-order chi connectivity index (χ0) is 16.3. The van der Waals surface area contributed by atoms with Gasteiger partial charge in [0, 0.05) is 19.3 Å². The first kappa shape index (κ1) is 18.7. The number of para-hydroxylation sites is 1. The van der Waals surface area contributed by atoms with E-state index in [4.69, 9.17) is 4.74 Å². The Morgan fingerprint density at radius 3 is 2.58 bits per heavy atom. The molecule has 0 radical (unpaired) electrons. The van der Waals surface area contributed by atoms with Gasteiger partial charge in [-0.2, -0.15) is 0 Å². The lowest BCUT2D eigenvalue weighted by Crippen LogP contribution is -2.57. The molecule has 2 amide bonds. The number of nitrogens with zero attached hydrogens (tertiary/aromatic N) is 1. The summed E-state index contributed by atoms with van der Waals surface area (Å²) in [5, 5.41) is 6.13. The Balaban J connectivity index is 0.00000208. The number of benzene rings is 1. The zero-order valence-corrected chi connectivity index (χ0v) is 14.6. The van der Waals surface area contributed by atoms with Gasteiger partial charge >= 0.3 is 0 Å². The molecule has 0 spiro atoms. The van der Waals surface area contributed by atoms with Crippen molar-refractivity contribution in [2.24, 2.45) is 0 Å². The van der Waals surface area contributed by atoms with Crippen LogP contribution in [0, 0.1) is 0 Å². The lowest BCUT2D eigenvalue weighted by molar-refractivity contribution is -0.148. The molecular formula is C17H24ClN3O3. The van der Waals surface area contributed by atoms with Crippen molar-refractivity contribution < 1.29 is 14.3 Å². The Morgan fingerprint density at radius 1 is 1.29 bits per heavy atom. The average molecular weight is 354 g/mol. The Morgan fingerprint density at radius 2 is 1.96 bits per heavy atom. The molecule has 24 heavy (non-hydrogen) atoms. The first-order chi connectivity index (χ1) is 11.2. The van der Waals surface area contributed by atoms with E-state index in [0.717, 1.165) is 18.8 Å². The van der Waals surface area contributed by atoms with Crippen molar-refractivity contribution in [3.8, 4) is 0 Å². The molecule has 2 aliphatic rings. The standard InChI is InChI=1S/C17H23N3O3.ClH/c1-23-17(8-10-18-11-9-17)16(22)19-14-7-12-20(15(14)21)13-5-3-2-4-6-13;/h2-6,14,18H,7-12H2,1H3,(H,19,22);1H. The highest BCUT2D eigenvalue weighted by Gasteiger charge is 2.43. The van der Waals surface area contributed by atoms with E-state index >= 15 is 0 Å². The summed E-state index contributed by atoms with van der Waals surface area (Å²) in [4.78, 5) is 27.0. The number of hydrogen-bond acceptors (Lipinski definition) is 4. The predicted molar refractivity (Wildman–Crippen MR) is 94.4 cm³/mol. The molecule has 2 N–H and O–H groups in total. The smallest absolute Gasteiger partial charge is 0.252 e. The van der Waals surface area contributed by atoms with Gasteiger partial charge in [-0.05, 0) is 44.5 Å². The molecule has 1 atom stereocenters. The lowest BCUT2D eigenvalue weighted by atomic mass is 9.90. The second-order valence-electron chi connectivity index (χ2n) is 6.09. The van der Waals surface area contributed by atoms with Crippen molar-refractivity contribution in [2.45, 2.75) is 30.9 Å². The fraction of sp³-hybridized carbons (Fsp3) is 0.529. The number of rotatable bonds is 4. The fourth-order valence-electron chi connectivity index (χ4n) is 3.32. The Kier molecular flexibility index (Phi) is 6.21. The molecule has 3 rings (SSSR count). The predicted octanol–water partition coefficient (Wildman–Crippen LogP) is 1.10. The number of halogens is 1. The molecule has 0 saturated carbocycles. The molecule has 2 heterocycles. The maximum absolute atomic E-state index is 12.7. The Bertz CT molecular complexity index is 576. The monoisotopic (exact) mass is 353 g/mol. The van der Waals surface area contributed by atoms with Crippen LogP contribution in [0.2, 0.25) is 0 Å². The summed E-state index contributed by atoms with van der Waals surface area (Å²) < 4.78 is 5.52. The van der Waals surface area contributed by atoms with Gasteiger partial charge < -0.3 is 20.3 Å². The van der Waals surface area contributed by atoms with Crippen LogP contribution in [-0.4, -0.2) is 50.2 Å². The van der Waals surface area contributed by atoms with Gasteiger partial charge in [0.2, 0.25) is 5.91 Å². The molecule has 6 nitrogen and oxygen atoms in total. The minimum absolute atomic E-state index is 0. The third-order valence-electron chi connectivity index (χ3n) is 4.79. The summed E-state index contributed by atoms with van der Waals surface area (Å²) in [5.41, 5.74) is 0.0590. The Labute approximate surface area is 148 Å². The lowest BCUT2D eigenvalue weighted by Gasteiger charge is -2.35. The summed E-state index contributed by atoms with van der Waals surface area (Å²) in [6.45, 7) is 2.11. The van der Waals surface area contributed by atoms with E-state index < -0.39 is 11.6 Å². The normalized spacial score (nSPS) is 22.8. The van der Waals surface area contributed by atoms with Crippen LogP contribution < -0.4 is 15.5 Å². The van der Waals surface area contributed by atoms with Crippen molar-refractivity contribution in [3.63, 3.8) is 0 Å². The molecule has 0 aromatic heterocycles. The van der Waals surface area contributed by atoms with E-state index in [9.17, 15) is 9.59 Å². The number of nitrogens with one attached hydrogen (secondary N) is 2. The van der Waals surface area contributed by atoms with Gasteiger partial charge in [0.25, 0.3) is 5.91 Å². The van der Waals surface area contributed by atoms with Gasteiger partial charge in [-0.1, -0.05) is 18.2 Å².